The second kappa shape index (κ2) is 12.9. The molecule has 0 bridgehead atoms. The van der Waals surface area contributed by atoms with Gasteiger partial charge in [0.2, 0.25) is 0 Å². The van der Waals surface area contributed by atoms with Crippen molar-refractivity contribution in [2.24, 2.45) is 11.5 Å². The molecule has 1 rings (SSSR count). The van der Waals surface area contributed by atoms with Crippen LogP contribution in [0.15, 0.2) is 30.3 Å². The fraction of sp³-hybridized carbons (Fsp3) is 0.500. The minimum atomic E-state index is 0.705. The van der Waals surface area contributed by atoms with Gasteiger partial charge in [0.25, 0.3) is 0 Å². The van der Waals surface area contributed by atoms with Crippen molar-refractivity contribution in [1.82, 2.24) is 10.6 Å². The third-order valence-electron chi connectivity index (χ3n) is 1.92. The summed E-state index contributed by atoms with van der Waals surface area (Å²) in [7, 11) is 0. The number of para-hydroxylation sites is 1. The minimum Gasteiger partial charge on any atom is -0.399 e. The Morgan fingerprint density at radius 2 is 1.24 bits per heavy atom. The summed E-state index contributed by atoms with van der Waals surface area (Å²) in [5, 5.41) is 6.33. The van der Waals surface area contributed by atoms with Gasteiger partial charge >= 0.3 is 0 Å². The van der Waals surface area contributed by atoms with Crippen LogP contribution in [0.1, 0.15) is 0 Å². The van der Waals surface area contributed by atoms with Crippen LogP contribution >= 0.6 is 0 Å². The summed E-state index contributed by atoms with van der Waals surface area (Å²) >= 11 is 0. The van der Waals surface area contributed by atoms with E-state index in [0.29, 0.717) is 13.1 Å². The molecule has 0 aliphatic heterocycles. The Bertz CT molecular complexity index is 232. The zero-order chi connectivity index (χ0) is 12.8. The number of hydrogen-bond donors (Lipinski definition) is 5. The molecule has 0 atom stereocenters. The number of anilines is 1. The van der Waals surface area contributed by atoms with E-state index in [9.17, 15) is 0 Å². The molecule has 0 aliphatic carbocycles. The molecule has 5 heteroatoms. The van der Waals surface area contributed by atoms with Gasteiger partial charge in [-0.2, -0.15) is 0 Å². The number of rotatable bonds is 7. The van der Waals surface area contributed by atoms with Crippen LogP contribution in [0, 0.1) is 0 Å². The van der Waals surface area contributed by atoms with Gasteiger partial charge in [-0.1, -0.05) is 18.2 Å². The molecule has 1 aromatic carbocycles. The second-order valence-electron chi connectivity index (χ2n) is 3.49. The summed E-state index contributed by atoms with van der Waals surface area (Å²) in [5.74, 6) is 0. The van der Waals surface area contributed by atoms with E-state index in [-0.39, 0.29) is 0 Å². The van der Waals surface area contributed by atoms with Gasteiger partial charge < -0.3 is 27.8 Å². The molecule has 0 saturated heterocycles. The van der Waals surface area contributed by atoms with Crippen molar-refractivity contribution in [2.45, 2.75) is 0 Å². The van der Waals surface area contributed by atoms with Crippen LogP contribution in [0.25, 0.3) is 0 Å². The maximum atomic E-state index is 5.36. The van der Waals surface area contributed by atoms with Crippen LogP contribution in [0.3, 0.4) is 0 Å². The molecule has 0 unspecified atom stereocenters. The van der Waals surface area contributed by atoms with Crippen molar-refractivity contribution < 1.29 is 0 Å². The van der Waals surface area contributed by atoms with Crippen LogP contribution < -0.4 is 27.8 Å². The third kappa shape index (κ3) is 12.8. The van der Waals surface area contributed by atoms with Crippen LogP contribution in [0.5, 0.6) is 0 Å². The molecule has 0 heterocycles. The summed E-state index contributed by atoms with van der Waals surface area (Å²) in [4.78, 5) is 0. The van der Waals surface area contributed by atoms with Crippen LogP contribution in [-0.4, -0.2) is 39.3 Å². The minimum absolute atomic E-state index is 0.705. The number of nitrogens with two attached hydrogens (primary N) is 3. The summed E-state index contributed by atoms with van der Waals surface area (Å²) < 4.78 is 0. The highest BCUT2D eigenvalue weighted by atomic mass is 14.9. The first-order valence-corrected chi connectivity index (χ1v) is 5.93. The zero-order valence-corrected chi connectivity index (χ0v) is 10.4. The first-order valence-electron chi connectivity index (χ1n) is 5.93. The van der Waals surface area contributed by atoms with Crippen molar-refractivity contribution in [2.75, 3.05) is 45.0 Å². The highest BCUT2D eigenvalue weighted by Gasteiger charge is 1.83. The van der Waals surface area contributed by atoms with Crippen molar-refractivity contribution >= 4 is 5.69 Å². The van der Waals surface area contributed by atoms with E-state index in [4.69, 9.17) is 17.2 Å². The Balaban J connectivity index is 0.000000318. The monoisotopic (exact) mass is 239 g/mol. The maximum absolute atomic E-state index is 5.36. The Morgan fingerprint density at radius 3 is 1.53 bits per heavy atom. The normalized spacial score (nSPS) is 9.53. The molecule has 0 saturated carbocycles. The molecule has 8 N–H and O–H groups in total. The standard InChI is InChI=1S/C6H18N4.C6H7N/c7-1-3-9-5-6-10-4-2-8;7-6-4-2-1-3-5-6/h9-10H,1-8H2;1-5H,7H2. The molecular formula is C12H25N5. The van der Waals surface area contributed by atoms with Crippen molar-refractivity contribution in [3.8, 4) is 0 Å². The molecule has 98 valence electrons. The van der Waals surface area contributed by atoms with Gasteiger partial charge in [-0.3, -0.25) is 0 Å². The summed E-state index contributed by atoms with van der Waals surface area (Å²) in [6, 6.07) is 9.49. The number of hydrogen-bond acceptors (Lipinski definition) is 5. The quantitative estimate of drug-likeness (QED) is 0.321. The van der Waals surface area contributed by atoms with Gasteiger partial charge in [0.1, 0.15) is 0 Å². The lowest BCUT2D eigenvalue weighted by Gasteiger charge is -2.03. The fourth-order valence-corrected chi connectivity index (χ4v) is 1.08. The number of nitrogens with one attached hydrogen (secondary N) is 2. The van der Waals surface area contributed by atoms with Crippen LogP contribution in [0.4, 0.5) is 5.69 Å². The Kier molecular flexibility index (Phi) is 12.1. The zero-order valence-electron chi connectivity index (χ0n) is 10.4. The first-order chi connectivity index (χ1) is 8.31. The third-order valence-corrected chi connectivity index (χ3v) is 1.92. The highest BCUT2D eigenvalue weighted by molar-refractivity contribution is 5.35. The average molecular weight is 239 g/mol. The SMILES string of the molecule is NCCNCCNCCN.Nc1ccccc1. The van der Waals surface area contributed by atoms with E-state index in [2.05, 4.69) is 10.6 Å². The largest absolute Gasteiger partial charge is 0.399 e. The van der Waals surface area contributed by atoms with Crippen molar-refractivity contribution in [3.05, 3.63) is 30.3 Å². The van der Waals surface area contributed by atoms with Crippen molar-refractivity contribution in [1.29, 1.82) is 0 Å². The van der Waals surface area contributed by atoms with Gasteiger partial charge in [0.05, 0.1) is 0 Å². The van der Waals surface area contributed by atoms with Crippen LogP contribution in [-0.2, 0) is 0 Å². The van der Waals surface area contributed by atoms with Gasteiger partial charge in [-0.25, -0.2) is 0 Å². The van der Waals surface area contributed by atoms with Gasteiger partial charge in [-0.05, 0) is 12.1 Å². The highest BCUT2D eigenvalue weighted by Crippen LogP contribution is 1.95. The Labute approximate surface area is 104 Å². The topological polar surface area (TPSA) is 102 Å². The average Bonchev–Trinajstić information content (AvgIpc) is 2.35. The molecule has 17 heavy (non-hydrogen) atoms. The summed E-state index contributed by atoms with van der Waals surface area (Å²) in [5.41, 5.74) is 16.7. The summed E-state index contributed by atoms with van der Waals surface area (Å²) in [6.45, 7) is 5.14. The van der Waals surface area contributed by atoms with Crippen LogP contribution in [0.2, 0.25) is 0 Å². The molecular weight excluding hydrogens is 214 g/mol. The van der Waals surface area contributed by atoms with Gasteiger partial charge in [0.15, 0.2) is 0 Å². The lowest BCUT2D eigenvalue weighted by atomic mass is 10.3. The molecule has 5 nitrogen and oxygen atoms in total. The second-order valence-corrected chi connectivity index (χ2v) is 3.49. The Hall–Kier alpha value is -1.14. The lowest BCUT2D eigenvalue weighted by Crippen LogP contribution is -2.32. The van der Waals surface area contributed by atoms with Crippen molar-refractivity contribution in [3.63, 3.8) is 0 Å². The Morgan fingerprint density at radius 1 is 0.765 bits per heavy atom. The first kappa shape index (κ1) is 15.9. The smallest absolute Gasteiger partial charge is 0.0313 e. The van der Waals surface area contributed by atoms with E-state index in [1.54, 1.807) is 0 Å². The van der Waals surface area contributed by atoms with E-state index >= 15 is 0 Å². The molecule has 0 amide bonds. The molecule has 0 fully saturated rings. The molecule has 0 aromatic heterocycles. The molecule has 0 spiro atoms. The molecule has 0 radical (unpaired) electrons. The van der Waals surface area contributed by atoms with Gasteiger partial charge in [0, 0.05) is 45.0 Å². The van der Waals surface area contributed by atoms with E-state index in [1.165, 1.54) is 0 Å². The lowest BCUT2D eigenvalue weighted by molar-refractivity contribution is 0.618. The molecule has 0 aliphatic rings. The predicted octanol–water partition coefficient (Wildman–Crippen LogP) is -0.648. The van der Waals surface area contributed by atoms with E-state index in [1.807, 2.05) is 30.3 Å². The molecule has 1 aromatic rings. The van der Waals surface area contributed by atoms with Gasteiger partial charge in [-0.15, -0.1) is 0 Å². The van der Waals surface area contributed by atoms with E-state index in [0.717, 1.165) is 31.9 Å². The number of benzene rings is 1. The fourth-order valence-electron chi connectivity index (χ4n) is 1.08. The number of nitrogen functional groups attached to an aromatic ring is 1. The predicted molar refractivity (Wildman–Crippen MR) is 74.7 cm³/mol. The maximum Gasteiger partial charge on any atom is 0.0313 e. The van der Waals surface area contributed by atoms with E-state index < -0.39 is 0 Å². The summed E-state index contributed by atoms with van der Waals surface area (Å²) in [6.07, 6.45) is 0.